The average Bonchev–Trinajstić information content (AvgIpc) is 2.67. The molecule has 0 N–H and O–H groups in total. The number of likely N-dealkylation sites (N-methyl/N-ethyl adjacent to an activating group) is 1. The third-order valence-electron chi connectivity index (χ3n) is 7.18. The highest BCUT2D eigenvalue weighted by atomic mass is 16.5. The van der Waals surface area contributed by atoms with E-state index in [2.05, 4.69) is 70.4 Å². The highest BCUT2D eigenvalue weighted by molar-refractivity contribution is 5.70. The quantitative estimate of drug-likeness (QED) is 0.448. The van der Waals surface area contributed by atoms with Crippen molar-refractivity contribution in [3.05, 3.63) is 65.7 Å². The van der Waals surface area contributed by atoms with E-state index in [0.717, 1.165) is 40.7 Å². The highest BCUT2D eigenvalue weighted by Crippen LogP contribution is 2.59. The fraction of sp³-hybridized carbons (Fsp3) is 0.462. The van der Waals surface area contributed by atoms with Gasteiger partial charge in [0, 0.05) is 11.1 Å². The molecule has 0 radical (unpaired) electrons. The Balaban J connectivity index is 1.46. The zero-order chi connectivity index (χ0) is 19.9. The molecule has 0 heterocycles. The van der Waals surface area contributed by atoms with E-state index in [1.54, 1.807) is 12.7 Å². The van der Waals surface area contributed by atoms with Crippen LogP contribution in [0.5, 0.6) is 5.75 Å². The minimum absolute atomic E-state index is 0.514. The number of para-hydroxylation sites is 1. The molecule has 0 saturated heterocycles. The molecule has 5 rings (SSSR count). The van der Waals surface area contributed by atoms with Gasteiger partial charge in [-0.15, -0.1) is 0 Å². The van der Waals surface area contributed by atoms with Gasteiger partial charge in [0.25, 0.3) is 0 Å². The van der Waals surface area contributed by atoms with Crippen LogP contribution in [0.3, 0.4) is 0 Å². The van der Waals surface area contributed by atoms with Gasteiger partial charge in [-0.1, -0.05) is 62.4 Å². The van der Waals surface area contributed by atoms with Crippen molar-refractivity contribution in [2.45, 2.75) is 33.2 Å². The molecule has 0 spiro atoms. The number of fused-ring (bicyclic) bond motifs is 1. The lowest BCUT2D eigenvalue weighted by Crippen LogP contribution is -2.52. The van der Waals surface area contributed by atoms with Crippen molar-refractivity contribution in [1.82, 2.24) is 0 Å². The third kappa shape index (κ3) is 3.51. The first-order valence-electron chi connectivity index (χ1n) is 10.5. The second-order valence-electron chi connectivity index (χ2n) is 9.97. The van der Waals surface area contributed by atoms with Crippen molar-refractivity contribution in [2.75, 3.05) is 27.7 Å². The van der Waals surface area contributed by atoms with E-state index in [1.165, 1.54) is 24.0 Å². The Hall–Kier alpha value is -2.06. The SMILES string of the molecule is COc1ccccc1-c1ccc(C[N+](C)(C)CC2=CC[C@H]3C[C@@H]2C3(C)C)cc1. The maximum atomic E-state index is 5.52. The number of rotatable bonds is 6. The molecule has 1 fully saturated rings. The van der Waals surface area contributed by atoms with Gasteiger partial charge >= 0.3 is 0 Å². The molecule has 3 aliphatic rings. The van der Waals surface area contributed by atoms with Crippen LogP contribution in [0, 0.1) is 17.3 Å². The maximum Gasteiger partial charge on any atom is 0.126 e. The smallest absolute Gasteiger partial charge is 0.126 e. The Morgan fingerprint density at radius 2 is 1.71 bits per heavy atom. The van der Waals surface area contributed by atoms with Gasteiger partial charge in [-0.2, -0.15) is 0 Å². The molecule has 148 valence electrons. The van der Waals surface area contributed by atoms with Crippen LogP contribution in [0.4, 0.5) is 0 Å². The summed E-state index contributed by atoms with van der Waals surface area (Å²) in [6.07, 6.45) is 5.24. The standard InChI is InChI=1S/C26H34NO/c1-26(2)22-15-14-21(24(26)16-22)18-27(3,4)17-19-10-12-20(13-11-19)23-8-6-7-9-25(23)28-5/h6-14,22,24H,15-18H2,1-5H3/q+1/t22-,24-/m0/s1. The van der Waals surface area contributed by atoms with Crippen LogP contribution in [0.1, 0.15) is 32.3 Å². The van der Waals surface area contributed by atoms with Crippen LogP contribution in [0.2, 0.25) is 0 Å². The molecule has 3 aliphatic carbocycles. The molecule has 0 aromatic heterocycles. The number of nitrogens with zero attached hydrogens (tertiary/aromatic N) is 1. The minimum Gasteiger partial charge on any atom is -0.496 e. The van der Waals surface area contributed by atoms with Crippen molar-refractivity contribution in [1.29, 1.82) is 0 Å². The fourth-order valence-electron chi connectivity index (χ4n) is 5.37. The fourth-order valence-corrected chi connectivity index (χ4v) is 5.37. The molecule has 2 atom stereocenters. The Labute approximate surface area is 170 Å². The molecule has 2 aromatic carbocycles. The van der Waals surface area contributed by atoms with E-state index in [9.17, 15) is 0 Å². The van der Waals surface area contributed by atoms with Crippen LogP contribution in [0.25, 0.3) is 11.1 Å². The first-order valence-corrected chi connectivity index (χ1v) is 10.5. The second-order valence-corrected chi connectivity index (χ2v) is 9.97. The summed E-state index contributed by atoms with van der Waals surface area (Å²) in [5.74, 6) is 2.65. The summed E-state index contributed by atoms with van der Waals surface area (Å²) in [6, 6.07) is 17.2. The Kier molecular flexibility index (Phi) is 4.87. The van der Waals surface area contributed by atoms with Crippen molar-refractivity contribution in [3.8, 4) is 16.9 Å². The van der Waals surface area contributed by atoms with E-state index >= 15 is 0 Å². The minimum atomic E-state index is 0.514. The first kappa shape index (κ1) is 19.3. The van der Waals surface area contributed by atoms with E-state index in [0.29, 0.717) is 5.41 Å². The molecule has 2 nitrogen and oxygen atoms in total. The molecule has 0 unspecified atom stereocenters. The van der Waals surface area contributed by atoms with Gasteiger partial charge < -0.3 is 9.22 Å². The van der Waals surface area contributed by atoms with E-state index < -0.39 is 0 Å². The number of quaternary nitrogens is 1. The van der Waals surface area contributed by atoms with E-state index in [4.69, 9.17) is 4.74 Å². The lowest BCUT2D eigenvalue weighted by atomic mass is 9.49. The summed E-state index contributed by atoms with van der Waals surface area (Å²) in [5.41, 5.74) is 5.97. The summed E-state index contributed by atoms with van der Waals surface area (Å²) < 4.78 is 6.53. The number of hydrogen-bond donors (Lipinski definition) is 0. The highest BCUT2D eigenvalue weighted by Gasteiger charge is 2.52. The zero-order valence-electron chi connectivity index (χ0n) is 18.0. The lowest BCUT2D eigenvalue weighted by Gasteiger charge is -2.57. The summed E-state index contributed by atoms with van der Waals surface area (Å²) in [6.45, 7) is 7.15. The van der Waals surface area contributed by atoms with E-state index in [1.807, 2.05) is 12.1 Å². The van der Waals surface area contributed by atoms with Gasteiger partial charge in [0.15, 0.2) is 0 Å². The average molecular weight is 377 g/mol. The normalized spacial score (nSPS) is 23.0. The summed E-state index contributed by atoms with van der Waals surface area (Å²) in [5, 5.41) is 0. The number of ether oxygens (including phenoxy) is 1. The van der Waals surface area contributed by atoms with Crippen LogP contribution < -0.4 is 4.74 Å². The van der Waals surface area contributed by atoms with Crippen molar-refractivity contribution < 1.29 is 9.22 Å². The number of allylic oxidation sites excluding steroid dienone is 1. The molecular formula is C26H34NO+. The van der Waals surface area contributed by atoms with Gasteiger partial charge in [-0.05, 0) is 47.3 Å². The predicted octanol–water partition coefficient (Wildman–Crippen LogP) is 5.93. The Morgan fingerprint density at radius 1 is 1.00 bits per heavy atom. The van der Waals surface area contributed by atoms with Crippen LogP contribution in [-0.2, 0) is 6.54 Å². The van der Waals surface area contributed by atoms with Crippen molar-refractivity contribution >= 4 is 0 Å². The first-order chi connectivity index (χ1) is 13.3. The molecule has 28 heavy (non-hydrogen) atoms. The van der Waals surface area contributed by atoms with Gasteiger partial charge in [-0.3, -0.25) is 0 Å². The third-order valence-corrected chi connectivity index (χ3v) is 7.18. The summed E-state index contributed by atoms with van der Waals surface area (Å²) in [4.78, 5) is 0. The number of methoxy groups -OCH3 is 1. The molecule has 1 saturated carbocycles. The van der Waals surface area contributed by atoms with Gasteiger partial charge in [0.2, 0.25) is 0 Å². The molecule has 0 aliphatic heterocycles. The van der Waals surface area contributed by atoms with Gasteiger partial charge in [-0.25, -0.2) is 0 Å². The largest absolute Gasteiger partial charge is 0.496 e. The predicted molar refractivity (Wildman–Crippen MR) is 117 cm³/mol. The lowest BCUT2D eigenvalue weighted by molar-refractivity contribution is -0.899. The summed E-state index contributed by atoms with van der Waals surface area (Å²) >= 11 is 0. The number of hydrogen-bond acceptors (Lipinski definition) is 1. The zero-order valence-corrected chi connectivity index (χ0v) is 18.0. The topological polar surface area (TPSA) is 9.23 Å². The molecule has 2 bridgehead atoms. The van der Waals surface area contributed by atoms with Crippen molar-refractivity contribution in [3.63, 3.8) is 0 Å². The molecule has 2 aromatic rings. The van der Waals surface area contributed by atoms with Crippen LogP contribution in [0.15, 0.2) is 60.2 Å². The molecule has 2 heteroatoms. The summed E-state index contributed by atoms with van der Waals surface area (Å²) in [7, 11) is 6.47. The van der Waals surface area contributed by atoms with E-state index in [-0.39, 0.29) is 0 Å². The molecular weight excluding hydrogens is 342 g/mol. The Morgan fingerprint density at radius 3 is 2.36 bits per heavy atom. The maximum absolute atomic E-state index is 5.52. The van der Waals surface area contributed by atoms with Crippen LogP contribution >= 0.6 is 0 Å². The van der Waals surface area contributed by atoms with Crippen LogP contribution in [-0.4, -0.2) is 32.2 Å². The second kappa shape index (κ2) is 7.08. The molecule has 0 amide bonds. The van der Waals surface area contributed by atoms with Gasteiger partial charge in [0.1, 0.15) is 18.8 Å². The van der Waals surface area contributed by atoms with Crippen molar-refractivity contribution in [2.24, 2.45) is 17.3 Å². The number of benzene rings is 2. The van der Waals surface area contributed by atoms with Gasteiger partial charge in [0.05, 0.1) is 21.2 Å². The Bertz CT molecular complexity index is 876. The monoisotopic (exact) mass is 376 g/mol.